The second kappa shape index (κ2) is 5.64. The number of hydrogen-bond acceptors (Lipinski definition) is 3. The predicted octanol–water partition coefficient (Wildman–Crippen LogP) is 1.31. The molecule has 110 valence electrons. The minimum atomic E-state index is -0.823. The van der Waals surface area contributed by atoms with E-state index in [1.807, 2.05) is 13.8 Å². The van der Waals surface area contributed by atoms with Crippen molar-refractivity contribution in [1.29, 1.82) is 0 Å². The van der Waals surface area contributed by atoms with Gasteiger partial charge in [0, 0.05) is 25.8 Å². The van der Waals surface area contributed by atoms with E-state index in [2.05, 4.69) is 5.10 Å². The van der Waals surface area contributed by atoms with E-state index >= 15 is 0 Å². The lowest BCUT2D eigenvalue weighted by molar-refractivity contribution is -0.143. The molecule has 1 N–H and O–H groups in total. The van der Waals surface area contributed by atoms with Crippen LogP contribution >= 0.6 is 0 Å². The number of carbonyl (C=O) groups excluding carboxylic acids is 1. The maximum Gasteiger partial charge on any atom is 0.308 e. The van der Waals surface area contributed by atoms with Gasteiger partial charge in [0.05, 0.1) is 17.2 Å². The van der Waals surface area contributed by atoms with Gasteiger partial charge in [-0.15, -0.1) is 0 Å². The molecule has 1 aromatic rings. The van der Waals surface area contributed by atoms with Crippen LogP contribution in [0.2, 0.25) is 0 Å². The standard InChI is InChI=1S/C14H21N3O3/c1-4-12-11(8-16(3)15-12)13(18)17-7-10(14(19)20)6-5-9(17)2/h8-10H,4-7H2,1-3H3,(H,19,20). The maximum atomic E-state index is 12.7. The van der Waals surface area contributed by atoms with Crippen molar-refractivity contribution < 1.29 is 14.7 Å². The third-order valence-electron chi connectivity index (χ3n) is 3.96. The van der Waals surface area contributed by atoms with Crippen molar-refractivity contribution in [3.8, 4) is 0 Å². The van der Waals surface area contributed by atoms with Gasteiger partial charge >= 0.3 is 5.97 Å². The van der Waals surface area contributed by atoms with Gasteiger partial charge in [0.25, 0.3) is 5.91 Å². The summed E-state index contributed by atoms with van der Waals surface area (Å²) in [4.78, 5) is 25.5. The highest BCUT2D eigenvalue weighted by molar-refractivity contribution is 5.95. The van der Waals surface area contributed by atoms with Crippen LogP contribution in [0, 0.1) is 5.92 Å². The molecule has 2 heterocycles. The molecule has 1 aromatic heterocycles. The third kappa shape index (κ3) is 2.69. The van der Waals surface area contributed by atoms with Gasteiger partial charge in [-0.2, -0.15) is 5.10 Å². The largest absolute Gasteiger partial charge is 0.481 e. The van der Waals surface area contributed by atoms with E-state index < -0.39 is 11.9 Å². The minimum Gasteiger partial charge on any atom is -0.481 e. The van der Waals surface area contributed by atoms with Crippen molar-refractivity contribution >= 4 is 11.9 Å². The molecular weight excluding hydrogens is 258 g/mol. The Hall–Kier alpha value is -1.85. The Labute approximate surface area is 118 Å². The number of carbonyl (C=O) groups is 2. The van der Waals surface area contributed by atoms with Gasteiger partial charge in [-0.3, -0.25) is 14.3 Å². The molecule has 2 atom stereocenters. The Morgan fingerprint density at radius 2 is 2.15 bits per heavy atom. The number of aliphatic carboxylic acids is 1. The Morgan fingerprint density at radius 3 is 2.75 bits per heavy atom. The Morgan fingerprint density at radius 1 is 1.45 bits per heavy atom. The first-order valence-electron chi connectivity index (χ1n) is 7.00. The average molecular weight is 279 g/mol. The number of carboxylic acid groups (broad SMARTS) is 1. The van der Waals surface area contributed by atoms with E-state index in [4.69, 9.17) is 5.11 Å². The SMILES string of the molecule is CCc1nn(C)cc1C(=O)N1CC(C(=O)O)CCC1C. The zero-order valence-electron chi connectivity index (χ0n) is 12.2. The number of aromatic nitrogens is 2. The summed E-state index contributed by atoms with van der Waals surface area (Å²) in [5, 5.41) is 13.4. The topological polar surface area (TPSA) is 75.4 Å². The van der Waals surface area contributed by atoms with Crippen LogP contribution in [0.25, 0.3) is 0 Å². The molecule has 2 rings (SSSR count). The zero-order chi connectivity index (χ0) is 14.9. The molecule has 20 heavy (non-hydrogen) atoms. The first kappa shape index (κ1) is 14.6. The summed E-state index contributed by atoms with van der Waals surface area (Å²) in [7, 11) is 1.79. The maximum absolute atomic E-state index is 12.7. The molecule has 0 aliphatic carbocycles. The lowest BCUT2D eigenvalue weighted by Crippen LogP contribution is -2.47. The van der Waals surface area contributed by atoms with Crippen molar-refractivity contribution in [2.45, 2.75) is 39.2 Å². The molecule has 0 aromatic carbocycles. The lowest BCUT2D eigenvalue weighted by Gasteiger charge is -2.36. The van der Waals surface area contributed by atoms with Crippen LogP contribution in [0.1, 0.15) is 42.7 Å². The summed E-state index contributed by atoms with van der Waals surface area (Å²) in [6, 6.07) is 0.0722. The van der Waals surface area contributed by atoms with E-state index in [-0.39, 0.29) is 18.5 Å². The number of nitrogens with zero attached hydrogens (tertiary/aromatic N) is 3. The summed E-state index contributed by atoms with van der Waals surface area (Å²) in [6.07, 6.45) is 3.77. The Balaban J connectivity index is 2.24. The third-order valence-corrected chi connectivity index (χ3v) is 3.96. The van der Waals surface area contributed by atoms with Gasteiger partial charge < -0.3 is 10.0 Å². The summed E-state index contributed by atoms with van der Waals surface area (Å²) in [5.41, 5.74) is 1.36. The molecule has 6 nitrogen and oxygen atoms in total. The highest BCUT2D eigenvalue weighted by atomic mass is 16.4. The van der Waals surface area contributed by atoms with E-state index in [0.717, 1.165) is 12.1 Å². The Bertz CT molecular complexity index is 524. The van der Waals surface area contributed by atoms with Gasteiger partial charge in [-0.1, -0.05) is 6.92 Å². The monoisotopic (exact) mass is 279 g/mol. The van der Waals surface area contributed by atoms with Gasteiger partial charge in [0.1, 0.15) is 0 Å². The summed E-state index contributed by atoms with van der Waals surface area (Å²) < 4.78 is 1.63. The van der Waals surface area contributed by atoms with Crippen LogP contribution in [0.15, 0.2) is 6.20 Å². The van der Waals surface area contributed by atoms with E-state index in [9.17, 15) is 9.59 Å². The second-order valence-corrected chi connectivity index (χ2v) is 5.44. The van der Waals surface area contributed by atoms with Gasteiger partial charge in [-0.25, -0.2) is 0 Å². The molecule has 1 aliphatic rings. The zero-order valence-corrected chi connectivity index (χ0v) is 12.2. The highest BCUT2D eigenvalue weighted by Gasteiger charge is 2.34. The van der Waals surface area contributed by atoms with Crippen molar-refractivity contribution in [2.24, 2.45) is 13.0 Å². The van der Waals surface area contributed by atoms with Crippen molar-refractivity contribution in [2.75, 3.05) is 6.54 Å². The molecule has 1 aliphatic heterocycles. The first-order chi connectivity index (χ1) is 9.43. The number of hydrogen-bond donors (Lipinski definition) is 1. The highest BCUT2D eigenvalue weighted by Crippen LogP contribution is 2.24. The van der Waals surface area contributed by atoms with E-state index in [1.54, 1.807) is 22.8 Å². The summed E-state index contributed by atoms with van der Waals surface area (Å²) in [5.74, 6) is -1.39. The van der Waals surface area contributed by atoms with Crippen molar-refractivity contribution in [3.05, 3.63) is 17.5 Å². The fourth-order valence-electron chi connectivity index (χ4n) is 2.72. The molecule has 0 radical (unpaired) electrons. The molecule has 2 unspecified atom stereocenters. The molecule has 0 spiro atoms. The number of aryl methyl sites for hydroxylation is 2. The fraction of sp³-hybridized carbons (Fsp3) is 0.643. The average Bonchev–Trinajstić information content (AvgIpc) is 2.79. The van der Waals surface area contributed by atoms with Gasteiger partial charge in [0.15, 0.2) is 0 Å². The number of likely N-dealkylation sites (tertiary alicyclic amines) is 1. The van der Waals surface area contributed by atoms with Crippen molar-refractivity contribution in [3.63, 3.8) is 0 Å². The molecule has 1 saturated heterocycles. The van der Waals surface area contributed by atoms with E-state index in [0.29, 0.717) is 18.4 Å². The van der Waals surface area contributed by atoms with Crippen LogP contribution in [-0.2, 0) is 18.3 Å². The Kier molecular flexibility index (Phi) is 4.11. The quantitative estimate of drug-likeness (QED) is 0.905. The van der Waals surface area contributed by atoms with Crippen LogP contribution in [0.5, 0.6) is 0 Å². The van der Waals surface area contributed by atoms with Gasteiger partial charge in [0.2, 0.25) is 0 Å². The predicted molar refractivity (Wildman–Crippen MR) is 73.4 cm³/mol. The number of carboxylic acids is 1. The molecule has 1 fully saturated rings. The second-order valence-electron chi connectivity index (χ2n) is 5.44. The smallest absolute Gasteiger partial charge is 0.308 e. The molecular formula is C14H21N3O3. The number of piperidine rings is 1. The van der Waals surface area contributed by atoms with E-state index in [1.165, 1.54) is 0 Å². The fourth-order valence-corrected chi connectivity index (χ4v) is 2.72. The van der Waals surface area contributed by atoms with Gasteiger partial charge in [-0.05, 0) is 26.2 Å². The van der Waals surface area contributed by atoms with Crippen LogP contribution in [0.4, 0.5) is 0 Å². The first-order valence-corrected chi connectivity index (χ1v) is 7.00. The normalized spacial score (nSPS) is 22.9. The van der Waals surface area contributed by atoms with Crippen LogP contribution in [0.3, 0.4) is 0 Å². The number of amides is 1. The molecule has 1 amide bonds. The van der Waals surface area contributed by atoms with Crippen molar-refractivity contribution in [1.82, 2.24) is 14.7 Å². The lowest BCUT2D eigenvalue weighted by atomic mass is 9.93. The summed E-state index contributed by atoms with van der Waals surface area (Å²) >= 11 is 0. The minimum absolute atomic E-state index is 0.0722. The van der Waals surface area contributed by atoms with Crippen LogP contribution < -0.4 is 0 Å². The number of rotatable bonds is 3. The summed E-state index contributed by atoms with van der Waals surface area (Å²) in [6.45, 7) is 4.21. The molecule has 0 saturated carbocycles. The molecule has 0 bridgehead atoms. The van der Waals surface area contributed by atoms with Crippen LogP contribution in [-0.4, -0.2) is 44.3 Å². The molecule has 6 heteroatoms.